The first-order valence-electron chi connectivity index (χ1n) is 6.68. The maximum Gasteiger partial charge on any atom is 0.404 e. The lowest BCUT2D eigenvalue weighted by molar-refractivity contribution is 0.148. The topological polar surface area (TPSA) is 145 Å². The Kier molecular flexibility index (Phi) is 7.14. The zero-order valence-corrected chi connectivity index (χ0v) is 12.1. The van der Waals surface area contributed by atoms with Gasteiger partial charge in [-0.1, -0.05) is 12.1 Å². The second kappa shape index (κ2) is 8.85. The van der Waals surface area contributed by atoms with E-state index in [1.165, 1.54) is 0 Å². The van der Waals surface area contributed by atoms with E-state index in [0.717, 1.165) is 5.56 Å². The van der Waals surface area contributed by atoms with Crippen LogP contribution < -0.4 is 11.5 Å². The van der Waals surface area contributed by atoms with Crippen molar-refractivity contribution in [3.8, 4) is 0 Å². The minimum atomic E-state index is -0.927. The summed E-state index contributed by atoms with van der Waals surface area (Å²) in [6.45, 7) is -0.382. The van der Waals surface area contributed by atoms with Crippen LogP contribution in [0.5, 0.6) is 0 Å². The van der Waals surface area contributed by atoms with E-state index in [-0.39, 0.29) is 32.8 Å². The van der Waals surface area contributed by atoms with E-state index >= 15 is 0 Å². The molecule has 0 fully saturated rings. The fraction of sp³-hybridized carbons (Fsp3) is 0.429. The Morgan fingerprint density at radius 1 is 0.864 bits per heavy atom. The molecular weight excluding hydrogens is 292 g/mol. The zero-order valence-electron chi connectivity index (χ0n) is 12.1. The van der Waals surface area contributed by atoms with Crippen LogP contribution in [0.25, 0.3) is 0 Å². The molecule has 0 aromatic heterocycles. The van der Waals surface area contributed by atoms with E-state index < -0.39 is 12.2 Å². The predicted molar refractivity (Wildman–Crippen MR) is 76.8 cm³/mol. The lowest BCUT2D eigenvalue weighted by Crippen LogP contribution is -2.17. The molecule has 0 saturated carbocycles. The molecule has 1 aromatic carbocycles. The summed E-state index contributed by atoms with van der Waals surface area (Å²) in [7, 11) is 0. The molecule has 0 aliphatic heterocycles. The van der Waals surface area contributed by atoms with Crippen molar-refractivity contribution in [2.45, 2.75) is 26.1 Å². The zero-order chi connectivity index (χ0) is 16.5. The highest BCUT2D eigenvalue weighted by Crippen LogP contribution is 2.23. The molecule has 0 atom stereocenters. The van der Waals surface area contributed by atoms with Gasteiger partial charge < -0.3 is 31.2 Å². The summed E-state index contributed by atoms with van der Waals surface area (Å²) in [5.74, 6) is 0. The average Bonchev–Trinajstić information content (AvgIpc) is 2.45. The minimum Gasteiger partial charge on any atom is -0.445 e. The number of aliphatic hydroxyl groups excluding tert-OH is 2. The van der Waals surface area contributed by atoms with Gasteiger partial charge in [0.25, 0.3) is 0 Å². The van der Waals surface area contributed by atoms with Crippen molar-refractivity contribution in [2.75, 3.05) is 13.2 Å². The minimum absolute atomic E-state index is 0.0619. The summed E-state index contributed by atoms with van der Waals surface area (Å²) in [4.78, 5) is 21.6. The summed E-state index contributed by atoms with van der Waals surface area (Å²) in [5, 5.41) is 18.3. The van der Waals surface area contributed by atoms with Gasteiger partial charge in [0.15, 0.2) is 0 Å². The van der Waals surface area contributed by atoms with Crippen LogP contribution in [0.4, 0.5) is 9.59 Å². The first-order chi connectivity index (χ1) is 10.5. The second-order valence-electron chi connectivity index (χ2n) is 4.50. The molecule has 0 unspecified atom stereocenters. The third-order valence-electron chi connectivity index (χ3n) is 3.10. The number of aliphatic hydroxyl groups is 2. The van der Waals surface area contributed by atoms with Gasteiger partial charge >= 0.3 is 12.2 Å². The maximum atomic E-state index is 10.8. The largest absolute Gasteiger partial charge is 0.445 e. The van der Waals surface area contributed by atoms with Crippen LogP contribution in [-0.2, 0) is 35.5 Å². The second-order valence-corrected chi connectivity index (χ2v) is 4.50. The summed E-state index contributed by atoms with van der Waals surface area (Å²) in [6, 6.07) is 3.45. The molecule has 0 aliphatic carbocycles. The van der Waals surface area contributed by atoms with Gasteiger partial charge in [0.1, 0.15) is 13.2 Å². The van der Waals surface area contributed by atoms with E-state index in [4.69, 9.17) is 26.0 Å². The molecular formula is C14H20N2O6. The standard InChI is InChI=1S/C14H20N2O6/c15-13(19)21-7-10-2-1-9(3-5-17)12(8-22-14(16)20)11(10)4-6-18/h1-2,17-18H,3-8H2,(H2,15,19)(H2,16,20). The number of carbonyl (C=O) groups excluding carboxylic acids is 2. The number of hydrogen-bond acceptors (Lipinski definition) is 6. The van der Waals surface area contributed by atoms with Crippen LogP contribution in [0.3, 0.4) is 0 Å². The van der Waals surface area contributed by atoms with Gasteiger partial charge in [0, 0.05) is 13.2 Å². The third kappa shape index (κ3) is 5.23. The Morgan fingerprint density at radius 3 is 1.95 bits per heavy atom. The van der Waals surface area contributed by atoms with E-state index in [1.54, 1.807) is 12.1 Å². The number of rotatable bonds is 8. The van der Waals surface area contributed by atoms with Crippen LogP contribution in [-0.4, -0.2) is 35.6 Å². The third-order valence-corrected chi connectivity index (χ3v) is 3.10. The number of amides is 2. The Morgan fingerprint density at radius 2 is 1.41 bits per heavy atom. The summed E-state index contributed by atoms with van der Waals surface area (Å²) in [6.07, 6.45) is -1.21. The molecule has 1 rings (SSSR count). The van der Waals surface area contributed by atoms with Gasteiger partial charge in [-0.3, -0.25) is 0 Å². The van der Waals surface area contributed by atoms with Crippen LogP contribution in [0.1, 0.15) is 22.3 Å². The fourth-order valence-electron chi connectivity index (χ4n) is 2.18. The molecule has 0 heterocycles. The molecule has 1 aromatic rings. The van der Waals surface area contributed by atoms with Gasteiger partial charge in [0.2, 0.25) is 0 Å². The predicted octanol–water partition coefficient (Wildman–Crippen LogP) is -0.0532. The first kappa shape index (κ1) is 17.7. The van der Waals surface area contributed by atoms with E-state index in [2.05, 4.69) is 0 Å². The lowest BCUT2D eigenvalue weighted by atomic mass is 9.93. The van der Waals surface area contributed by atoms with Crippen molar-refractivity contribution < 1.29 is 29.3 Å². The lowest BCUT2D eigenvalue weighted by Gasteiger charge is -2.18. The molecule has 0 radical (unpaired) electrons. The van der Waals surface area contributed by atoms with Crippen molar-refractivity contribution in [3.05, 3.63) is 34.4 Å². The number of nitrogens with two attached hydrogens (primary N) is 2. The Balaban J connectivity index is 3.19. The molecule has 0 bridgehead atoms. The van der Waals surface area contributed by atoms with Gasteiger partial charge in [-0.25, -0.2) is 9.59 Å². The summed E-state index contributed by atoms with van der Waals surface area (Å²) < 4.78 is 9.60. The summed E-state index contributed by atoms with van der Waals surface area (Å²) in [5.41, 5.74) is 12.6. The number of benzene rings is 1. The monoisotopic (exact) mass is 312 g/mol. The molecule has 2 amide bonds. The van der Waals surface area contributed by atoms with Crippen LogP contribution in [0, 0.1) is 0 Å². The van der Waals surface area contributed by atoms with E-state index in [1.807, 2.05) is 0 Å². The molecule has 0 aliphatic rings. The molecule has 0 saturated heterocycles. The van der Waals surface area contributed by atoms with Crippen molar-refractivity contribution in [1.82, 2.24) is 0 Å². The Labute approximate surface area is 127 Å². The number of ether oxygens (including phenoxy) is 2. The van der Waals surface area contributed by atoms with Crippen molar-refractivity contribution in [1.29, 1.82) is 0 Å². The highest BCUT2D eigenvalue weighted by atomic mass is 16.5. The highest BCUT2D eigenvalue weighted by molar-refractivity contribution is 5.65. The maximum absolute atomic E-state index is 10.8. The normalized spacial score (nSPS) is 10.3. The number of hydrogen-bond donors (Lipinski definition) is 4. The molecule has 122 valence electrons. The van der Waals surface area contributed by atoms with Gasteiger partial charge in [-0.15, -0.1) is 0 Å². The highest BCUT2D eigenvalue weighted by Gasteiger charge is 2.15. The van der Waals surface area contributed by atoms with Crippen molar-refractivity contribution >= 4 is 12.2 Å². The Hall–Kier alpha value is -2.32. The molecule has 0 spiro atoms. The molecule has 6 N–H and O–H groups in total. The van der Waals surface area contributed by atoms with Gasteiger partial charge in [-0.2, -0.15) is 0 Å². The van der Waals surface area contributed by atoms with Gasteiger partial charge in [-0.05, 0) is 35.1 Å². The first-order valence-corrected chi connectivity index (χ1v) is 6.68. The van der Waals surface area contributed by atoms with Gasteiger partial charge in [0.05, 0.1) is 0 Å². The number of primary amides is 2. The SMILES string of the molecule is NC(=O)OCc1ccc(CCO)c(COC(N)=O)c1CCO. The molecule has 8 heteroatoms. The van der Waals surface area contributed by atoms with Crippen LogP contribution in [0.2, 0.25) is 0 Å². The van der Waals surface area contributed by atoms with Crippen molar-refractivity contribution in [2.24, 2.45) is 11.5 Å². The average molecular weight is 312 g/mol. The quantitative estimate of drug-likeness (QED) is 0.529. The Bertz CT molecular complexity index is 532. The van der Waals surface area contributed by atoms with E-state index in [0.29, 0.717) is 23.1 Å². The van der Waals surface area contributed by atoms with Crippen LogP contribution in [0.15, 0.2) is 12.1 Å². The fourth-order valence-corrected chi connectivity index (χ4v) is 2.18. The van der Waals surface area contributed by atoms with E-state index in [9.17, 15) is 14.7 Å². The number of carbonyl (C=O) groups is 2. The molecule has 8 nitrogen and oxygen atoms in total. The van der Waals surface area contributed by atoms with Crippen LogP contribution >= 0.6 is 0 Å². The molecule has 22 heavy (non-hydrogen) atoms. The van der Waals surface area contributed by atoms with Crippen molar-refractivity contribution in [3.63, 3.8) is 0 Å². The summed E-state index contributed by atoms with van der Waals surface area (Å²) >= 11 is 0. The smallest absolute Gasteiger partial charge is 0.404 e.